The number of carbonyl (C=O) groups is 4. The summed E-state index contributed by atoms with van der Waals surface area (Å²) < 4.78 is 11.3. The summed E-state index contributed by atoms with van der Waals surface area (Å²) in [4.78, 5) is 54.6. The van der Waals surface area contributed by atoms with E-state index in [4.69, 9.17) is 9.47 Å². The van der Waals surface area contributed by atoms with Crippen molar-refractivity contribution in [2.45, 2.75) is 79.2 Å². The third-order valence-electron chi connectivity index (χ3n) is 8.37. The van der Waals surface area contributed by atoms with E-state index < -0.39 is 17.7 Å². The summed E-state index contributed by atoms with van der Waals surface area (Å²) in [7, 11) is 0. The van der Waals surface area contributed by atoms with Gasteiger partial charge in [-0.2, -0.15) is 0 Å². The molecule has 0 radical (unpaired) electrons. The summed E-state index contributed by atoms with van der Waals surface area (Å²) in [5, 5.41) is 5.76. The van der Waals surface area contributed by atoms with E-state index in [0.29, 0.717) is 19.4 Å². The molecule has 0 unspecified atom stereocenters. The number of hydrogen-bond acceptors (Lipinski definition) is 6. The minimum Gasteiger partial charge on any atom is -0.445 e. The average Bonchev–Trinajstić information content (AvgIpc) is 3.03. The van der Waals surface area contributed by atoms with Gasteiger partial charge >= 0.3 is 6.09 Å². The third-order valence-corrected chi connectivity index (χ3v) is 8.37. The van der Waals surface area contributed by atoms with Gasteiger partial charge in [0.2, 0.25) is 17.7 Å². The quantitative estimate of drug-likeness (QED) is 0.251. The molecule has 1 heterocycles. The number of β-lactam (4-membered cyclic amide) rings is 1. The summed E-state index contributed by atoms with van der Waals surface area (Å²) in [6.07, 6.45) is 1.49. The Morgan fingerprint density at radius 3 is 2.30 bits per heavy atom. The Balaban J connectivity index is 1.54. The maximum Gasteiger partial charge on any atom is 0.407 e. The zero-order chi connectivity index (χ0) is 32.1. The van der Waals surface area contributed by atoms with Gasteiger partial charge in [0.15, 0.2) is 0 Å². The first-order valence-electron chi connectivity index (χ1n) is 15.7. The Morgan fingerprint density at radius 2 is 1.68 bits per heavy atom. The molecule has 0 saturated carbocycles. The Morgan fingerprint density at radius 1 is 1.00 bits per heavy atom. The predicted molar refractivity (Wildman–Crippen MR) is 168 cm³/mol. The lowest BCUT2D eigenvalue weighted by Gasteiger charge is -2.54. The van der Waals surface area contributed by atoms with Crippen molar-refractivity contribution in [1.29, 1.82) is 0 Å². The van der Waals surface area contributed by atoms with Crippen LogP contribution in [0.4, 0.5) is 4.79 Å². The number of hydrogen-bond donors (Lipinski definition) is 2. The number of nitrogens with zero attached hydrogens (tertiary/aromatic N) is 2. The van der Waals surface area contributed by atoms with Crippen LogP contribution in [-0.2, 0) is 30.5 Å². The zero-order valence-electron chi connectivity index (χ0n) is 26.8. The fourth-order valence-electron chi connectivity index (χ4n) is 5.61. The van der Waals surface area contributed by atoms with Crippen LogP contribution in [0.25, 0.3) is 0 Å². The van der Waals surface area contributed by atoms with Crippen molar-refractivity contribution in [1.82, 2.24) is 20.4 Å². The lowest BCUT2D eigenvalue weighted by molar-refractivity contribution is -0.224. The molecule has 4 amide bonds. The Hall–Kier alpha value is -3.92. The Labute approximate surface area is 261 Å². The van der Waals surface area contributed by atoms with Crippen LogP contribution < -0.4 is 10.6 Å². The van der Waals surface area contributed by atoms with Crippen LogP contribution in [-0.4, -0.2) is 72.6 Å². The van der Waals surface area contributed by atoms with Gasteiger partial charge in [0.05, 0.1) is 11.5 Å². The van der Waals surface area contributed by atoms with Gasteiger partial charge in [0.25, 0.3) is 0 Å². The molecular formula is C34H48N4O6. The highest BCUT2D eigenvalue weighted by Gasteiger charge is 2.59. The molecular weight excluding hydrogens is 560 g/mol. The molecule has 1 aliphatic rings. The number of nitrogens with one attached hydrogen (secondary N) is 2. The summed E-state index contributed by atoms with van der Waals surface area (Å²) in [6, 6.07) is 17.3. The van der Waals surface area contributed by atoms with Gasteiger partial charge in [-0.3, -0.25) is 14.4 Å². The van der Waals surface area contributed by atoms with Gasteiger partial charge in [0, 0.05) is 19.6 Å². The molecule has 3 rings (SSSR count). The molecule has 0 aliphatic carbocycles. The number of likely N-dealkylation sites (tertiary alicyclic amines) is 1. The summed E-state index contributed by atoms with van der Waals surface area (Å²) >= 11 is 0. The number of benzene rings is 2. The molecule has 1 saturated heterocycles. The maximum atomic E-state index is 13.3. The van der Waals surface area contributed by atoms with E-state index in [0.717, 1.165) is 29.5 Å². The van der Waals surface area contributed by atoms with Crippen molar-refractivity contribution in [3.05, 3.63) is 71.3 Å². The maximum absolute atomic E-state index is 13.3. The van der Waals surface area contributed by atoms with Gasteiger partial charge < -0.3 is 29.9 Å². The molecule has 0 aromatic heterocycles. The van der Waals surface area contributed by atoms with E-state index in [-0.39, 0.29) is 56.6 Å². The molecule has 0 bridgehead atoms. The molecule has 10 heteroatoms. The van der Waals surface area contributed by atoms with Gasteiger partial charge in [-0.05, 0) is 44.2 Å². The van der Waals surface area contributed by atoms with Crippen molar-refractivity contribution in [3.63, 3.8) is 0 Å². The lowest BCUT2D eigenvalue weighted by atomic mass is 9.71. The first-order valence-corrected chi connectivity index (χ1v) is 15.7. The van der Waals surface area contributed by atoms with E-state index in [1.807, 2.05) is 82.3 Å². The first kappa shape index (κ1) is 34.6. The largest absolute Gasteiger partial charge is 0.445 e. The van der Waals surface area contributed by atoms with E-state index in [2.05, 4.69) is 17.6 Å². The van der Waals surface area contributed by atoms with Crippen LogP contribution in [0.15, 0.2) is 54.6 Å². The van der Waals surface area contributed by atoms with Crippen LogP contribution in [0.2, 0.25) is 0 Å². The number of aryl methyl sites for hydroxylation is 1. The second-order valence-corrected chi connectivity index (χ2v) is 11.2. The smallest absolute Gasteiger partial charge is 0.407 e. The van der Waals surface area contributed by atoms with E-state index in [9.17, 15) is 19.2 Å². The molecule has 2 aromatic carbocycles. The standard InChI is InChI=1S/C34H48N4O6/c1-6-13-28(27-18-16-25(5)17-19-27)36-29(39)22-38-31(41)34(7-2,8-3)32(38)43-24-30(40)37(9-4)21-20-35-33(42)44-23-26-14-11-10-12-15-26/h10-12,14-19,28,32H,6-9,13,20-24H2,1-5H3,(H,35,42)(H,36,39)/t28-,32+/m1/s1. The van der Waals surface area contributed by atoms with Crippen molar-refractivity contribution < 1.29 is 28.7 Å². The van der Waals surface area contributed by atoms with E-state index >= 15 is 0 Å². The Bertz CT molecular complexity index is 1230. The molecule has 0 spiro atoms. The van der Waals surface area contributed by atoms with E-state index in [1.165, 1.54) is 4.90 Å². The van der Waals surface area contributed by atoms with Crippen LogP contribution in [0, 0.1) is 12.3 Å². The van der Waals surface area contributed by atoms with Gasteiger partial charge in [0.1, 0.15) is 26.0 Å². The van der Waals surface area contributed by atoms with Crippen molar-refractivity contribution in [3.8, 4) is 0 Å². The lowest BCUT2D eigenvalue weighted by Crippen LogP contribution is -2.71. The molecule has 2 N–H and O–H groups in total. The number of carbonyl (C=O) groups excluding carboxylic acids is 4. The second kappa shape index (κ2) is 16.8. The van der Waals surface area contributed by atoms with Crippen molar-refractivity contribution >= 4 is 23.8 Å². The first-order chi connectivity index (χ1) is 21.2. The summed E-state index contributed by atoms with van der Waals surface area (Å²) in [5.41, 5.74) is 2.27. The van der Waals surface area contributed by atoms with Crippen LogP contribution in [0.1, 0.15) is 76.1 Å². The molecule has 2 atom stereocenters. The second-order valence-electron chi connectivity index (χ2n) is 11.2. The number of rotatable bonds is 17. The number of amides is 4. The fourth-order valence-corrected chi connectivity index (χ4v) is 5.61. The molecule has 44 heavy (non-hydrogen) atoms. The van der Waals surface area contributed by atoms with Crippen molar-refractivity contribution in [2.24, 2.45) is 5.41 Å². The minimum atomic E-state index is -0.776. The predicted octanol–water partition coefficient (Wildman–Crippen LogP) is 4.72. The van der Waals surface area contributed by atoms with Gasteiger partial charge in [-0.1, -0.05) is 87.4 Å². The van der Waals surface area contributed by atoms with E-state index in [1.54, 1.807) is 4.90 Å². The molecule has 240 valence electrons. The summed E-state index contributed by atoms with van der Waals surface area (Å²) in [6.45, 7) is 10.5. The average molecular weight is 609 g/mol. The molecule has 1 aliphatic heterocycles. The SMILES string of the molecule is CCC[C@@H](NC(=O)CN1C(=O)C(CC)(CC)[C@@H]1OCC(=O)N(CC)CCNC(=O)OCc1ccccc1)c1ccc(C)cc1. The Kier molecular flexibility index (Phi) is 13.2. The van der Waals surface area contributed by atoms with Crippen molar-refractivity contribution in [2.75, 3.05) is 32.8 Å². The monoisotopic (exact) mass is 608 g/mol. The van der Waals surface area contributed by atoms with Crippen LogP contribution in [0.5, 0.6) is 0 Å². The molecule has 10 nitrogen and oxygen atoms in total. The topological polar surface area (TPSA) is 117 Å². The minimum absolute atomic E-state index is 0.136. The van der Waals surface area contributed by atoms with Crippen LogP contribution in [0.3, 0.4) is 0 Å². The highest BCUT2D eigenvalue weighted by molar-refractivity contribution is 5.93. The number of likely N-dealkylation sites (N-methyl/N-ethyl adjacent to an activating group) is 1. The third kappa shape index (κ3) is 8.81. The van der Waals surface area contributed by atoms with Gasteiger partial charge in [-0.15, -0.1) is 0 Å². The zero-order valence-corrected chi connectivity index (χ0v) is 26.8. The normalized spacial score (nSPS) is 16.1. The number of alkyl carbamates (subject to hydrolysis) is 1. The fraction of sp³-hybridized carbons (Fsp3) is 0.529. The highest BCUT2D eigenvalue weighted by atomic mass is 16.5. The molecule has 1 fully saturated rings. The molecule has 2 aromatic rings. The number of ether oxygens (including phenoxy) is 2. The highest BCUT2D eigenvalue weighted by Crippen LogP contribution is 2.45. The van der Waals surface area contributed by atoms with Crippen LogP contribution >= 0.6 is 0 Å². The van der Waals surface area contributed by atoms with Gasteiger partial charge in [-0.25, -0.2) is 4.79 Å². The summed E-state index contributed by atoms with van der Waals surface area (Å²) in [5.74, 6) is -0.666.